The normalized spacial score (nSPS) is 10.8. The summed E-state index contributed by atoms with van der Waals surface area (Å²) >= 11 is 7.63. The van der Waals surface area contributed by atoms with Gasteiger partial charge in [-0.1, -0.05) is 29.8 Å². The van der Waals surface area contributed by atoms with E-state index in [1.165, 1.54) is 11.3 Å². The zero-order valence-electron chi connectivity index (χ0n) is 9.81. The second-order valence-corrected chi connectivity index (χ2v) is 5.39. The van der Waals surface area contributed by atoms with Gasteiger partial charge in [0, 0.05) is 22.5 Å². The molecule has 0 atom stereocenters. The Morgan fingerprint density at radius 2 is 2.26 bits per heavy atom. The third-order valence-electron chi connectivity index (χ3n) is 2.71. The summed E-state index contributed by atoms with van der Waals surface area (Å²) < 4.78 is 1.01. The summed E-state index contributed by atoms with van der Waals surface area (Å²) in [5.41, 5.74) is 0. The molecular formula is C13H10ClN3OS. The van der Waals surface area contributed by atoms with Crippen molar-refractivity contribution in [3.05, 3.63) is 52.4 Å². The minimum absolute atomic E-state index is 0.178. The zero-order valence-corrected chi connectivity index (χ0v) is 11.4. The SMILES string of the molecule is O=C(NCc1ncc[nH]1)c1sc2ccccc2c1Cl. The van der Waals surface area contributed by atoms with Crippen molar-refractivity contribution >= 4 is 38.9 Å². The van der Waals surface area contributed by atoms with Crippen molar-refractivity contribution in [1.29, 1.82) is 0 Å². The lowest BCUT2D eigenvalue weighted by molar-refractivity contribution is 0.0954. The number of rotatable bonds is 3. The number of hydrogen-bond donors (Lipinski definition) is 2. The van der Waals surface area contributed by atoms with E-state index >= 15 is 0 Å². The Morgan fingerprint density at radius 1 is 1.42 bits per heavy atom. The van der Waals surface area contributed by atoms with E-state index < -0.39 is 0 Å². The molecular weight excluding hydrogens is 282 g/mol. The summed E-state index contributed by atoms with van der Waals surface area (Å²) in [4.78, 5) is 19.6. The van der Waals surface area contributed by atoms with Gasteiger partial charge < -0.3 is 10.3 Å². The molecule has 0 spiro atoms. The van der Waals surface area contributed by atoms with Crippen LogP contribution >= 0.6 is 22.9 Å². The fraction of sp³-hybridized carbons (Fsp3) is 0.0769. The van der Waals surface area contributed by atoms with E-state index in [-0.39, 0.29) is 5.91 Å². The molecule has 0 saturated heterocycles. The van der Waals surface area contributed by atoms with Crippen molar-refractivity contribution < 1.29 is 4.79 Å². The fourth-order valence-electron chi connectivity index (χ4n) is 1.80. The Morgan fingerprint density at radius 3 is 3.00 bits per heavy atom. The molecule has 96 valence electrons. The number of halogens is 1. The molecule has 2 heterocycles. The predicted octanol–water partition coefficient (Wildman–Crippen LogP) is 3.21. The lowest BCUT2D eigenvalue weighted by Gasteiger charge is -2.01. The van der Waals surface area contributed by atoms with Gasteiger partial charge in [0.25, 0.3) is 5.91 Å². The first-order valence-electron chi connectivity index (χ1n) is 5.69. The van der Waals surface area contributed by atoms with Crippen LogP contribution in [0.15, 0.2) is 36.7 Å². The van der Waals surface area contributed by atoms with Crippen LogP contribution in [-0.4, -0.2) is 15.9 Å². The van der Waals surface area contributed by atoms with Gasteiger partial charge in [0.1, 0.15) is 10.7 Å². The summed E-state index contributed by atoms with van der Waals surface area (Å²) in [5.74, 6) is 0.535. The number of carbonyl (C=O) groups excluding carboxylic acids is 1. The first-order valence-corrected chi connectivity index (χ1v) is 6.88. The number of imidazole rings is 1. The maximum absolute atomic E-state index is 12.1. The number of aromatic nitrogens is 2. The molecule has 3 rings (SSSR count). The number of nitrogens with one attached hydrogen (secondary N) is 2. The van der Waals surface area contributed by atoms with Gasteiger partial charge in [-0.05, 0) is 6.07 Å². The molecule has 0 aliphatic heterocycles. The number of amides is 1. The molecule has 2 N–H and O–H groups in total. The summed E-state index contributed by atoms with van der Waals surface area (Å²) in [6.45, 7) is 0.358. The van der Waals surface area contributed by atoms with Crippen molar-refractivity contribution in [2.75, 3.05) is 0 Å². The molecule has 19 heavy (non-hydrogen) atoms. The molecule has 0 radical (unpaired) electrons. The van der Waals surface area contributed by atoms with Gasteiger partial charge in [-0.15, -0.1) is 11.3 Å². The molecule has 3 aromatic rings. The smallest absolute Gasteiger partial charge is 0.263 e. The van der Waals surface area contributed by atoms with Gasteiger partial charge >= 0.3 is 0 Å². The number of H-pyrrole nitrogens is 1. The number of carbonyl (C=O) groups is 1. The Hall–Kier alpha value is -1.85. The molecule has 2 aromatic heterocycles. The number of aromatic amines is 1. The highest BCUT2D eigenvalue weighted by Crippen LogP contribution is 2.34. The Labute approximate surface area is 118 Å². The van der Waals surface area contributed by atoms with Crippen LogP contribution in [0.4, 0.5) is 0 Å². The first kappa shape index (κ1) is 12.2. The zero-order chi connectivity index (χ0) is 13.2. The largest absolute Gasteiger partial charge is 0.347 e. The van der Waals surface area contributed by atoms with E-state index in [9.17, 15) is 4.79 Å². The number of fused-ring (bicyclic) bond motifs is 1. The average Bonchev–Trinajstić information content (AvgIpc) is 3.05. The highest BCUT2D eigenvalue weighted by atomic mass is 35.5. The molecule has 1 amide bonds. The van der Waals surface area contributed by atoms with Gasteiger partial charge in [0.15, 0.2) is 0 Å². The minimum atomic E-state index is -0.178. The van der Waals surface area contributed by atoms with Crippen LogP contribution in [0.25, 0.3) is 10.1 Å². The van der Waals surface area contributed by atoms with Gasteiger partial charge in [-0.3, -0.25) is 4.79 Å². The van der Waals surface area contributed by atoms with Gasteiger partial charge in [0.05, 0.1) is 11.6 Å². The number of hydrogen-bond acceptors (Lipinski definition) is 3. The number of thiophene rings is 1. The third-order valence-corrected chi connectivity index (χ3v) is 4.39. The second kappa shape index (κ2) is 5.03. The van der Waals surface area contributed by atoms with Crippen LogP contribution in [0.2, 0.25) is 5.02 Å². The number of benzene rings is 1. The summed E-state index contributed by atoms with van der Waals surface area (Å²) in [6.07, 6.45) is 3.36. The average molecular weight is 292 g/mol. The fourth-order valence-corrected chi connectivity index (χ4v) is 3.23. The quantitative estimate of drug-likeness (QED) is 0.778. The lowest BCUT2D eigenvalue weighted by atomic mass is 10.2. The van der Waals surface area contributed by atoms with Gasteiger partial charge in [0.2, 0.25) is 0 Å². The van der Waals surface area contributed by atoms with Gasteiger partial charge in [-0.2, -0.15) is 0 Å². The highest BCUT2D eigenvalue weighted by Gasteiger charge is 2.16. The molecule has 6 heteroatoms. The standard InChI is InChI=1S/C13H10ClN3OS/c14-11-8-3-1-2-4-9(8)19-12(11)13(18)17-7-10-15-5-6-16-10/h1-6H,7H2,(H,15,16)(H,17,18). The van der Waals surface area contributed by atoms with Gasteiger partial charge in [-0.25, -0.2) is 4.98 Å². The Kier molecular flexibility index (Phi) is 3.23. The maximum atomic E-state index is 12.1. The minimum Gasteiger partial charge on any atom is -0.347 e. The summed E-state index contributed by atoms with van der Waals surface area (Å²) in [7, 11) is 0. The van der Waals surface area contributed by atoms with E-state index in [4.69, 9.17) is 11.6 Å². The maximum Gasteiger partial charge on any atom is 0.263 e. The van der Waals surface area contributed by atoms with Crippen LogP contribution in [0, 0.1) is 0 Å². The lowest BCUT2D eigenvalue weighted by Crippen LogP contribution is -2.22. The molecule has 1 aromatic carbocycles. The third kappa shape index (κ3) is 2.34. The van der Waals surface area contributed by atoms with Crippen LogP contribution in [0.1, 0.15) is 15.5 Å². The van der Waals surface area contributed by atoms with Crippen molar-refractivity contribution in [2.24, 2.45) is 0 Å². The van der Waals surface area contributed by atoms with Crippen LogP contribution in [0.3, 0.4) is 0 Å². The molecule has 0 bridgehead atoms. The number of nitrogens with zero attached hydrogens (tertiary/aromatic N) is 1. The van der Waals surface area contributed by atoms with Crippen LogP contribution in [-0.2, 0) is 6.54 Å². The van der Waals surface area contributed by atoms with E-state index in [2.05, 4.69) is 15.3 Å². The molecule has 0 aliphatic rings. The molecule has 0 aliphatic carbocycles. The van der Waals surface area contributed by atoms with E-state index in [1.54, 1.807) is 12.4 Å². The summed E-state index contributed by atoms with van der Waals surface area (Å²) in [5, 5.41) is 4.22. The monoisotopic (exact) mass is 291 g/mol. The predicted molar refractivity (Wildman–Crippen MR) is 76.6 cm³/mol. The second-order valence-electron chi connectivity index (χ2n) is 3.96. The van der Waals surface area contributed by atoms with E-state index in [1.807, 2.05) is 24.3 Å². The molecule has 4 nitrogen and oxygen atoms in total. The first-order chi connectivity index (χ1) is 9.25. The van der Waals surface area contributed by atoms with E-state index in [0.29, 0.717) is 22.3 Å². The molecule has 0 unspecified atom stereocenters. The Balaban J connectivity index is 1.83. The van der Waals surface area contributed by atoms with Crippen molar-refractivity contribution in [3.8, 4) is 0 Å². The van der Waals surface area contributed by atoms with Crippen molar-refractivity contribution in [2.45, 2.75) is 6.54 Å². The van der Waals surface area contributed by atoms with E-state index in [0.717, 1.165) is 10.1 Å². The van der Waals surface area contributed by atoms with Crippen LogP contribution < -0.4 is 5.32 Å². The Bertz CT molecular complexity index is 721. The molecule has 0 saturated carbocycles. The van der Waals surface area contributed by atoms with Crippen molar-refractivity contribution in [1.82, 2.24) is 15.3 Å². The van der Waals surface area contributed by atoms with Crippen LogP contribution in [0.5, 0.6) is 0 Å². The molecule has 0 fully saturated rings. The topological polar surface area (TPSA) is 57.8 Å². The summed E-state index contributed by atoms with van der Waals surface area (Å²) in [6, 6.07) is 7.71. The van der Waals surface area contributed by atoms with Crippen molar-refractivity contribution in [3.63, 3.8) is 0 Å². The highest BCUT2D eigenvalue weighted by molar-refractivity contribution is 7.21.